The molecule has 0 aliphatic carbocycles. The molecule has 0 bridgehead atoms. The maximum Gasteiger partial charge on any atom is 0.431 e. The van der Waals surface area contributed by atoms with E-state index < -0.39 is 35.9 Å². The molecule has 0 aliphatic rings. The Kier molecular flexibility index (Phi) is 10.4. The van der Waals surface area contributed by atoms with Crippen LogP contribution in [0.1, 0.15) is 54.4 Å². The number of anilines is 1. The van der Waals surface area contributed by atoms with E-state index in [0.717, 1.165) is 0 Å². The van der Waals surface area contributed by atoms with Crippen molar-refractivity contribution in [3.63, 3.8) is 0 Å². The Bertz CT molecular complexity index is 726. The van der Waals surface area contributed by atoms with Crippen molar-refractivity contribution in [3.05, 3.63) is 24.4 Å². The van der Waals surface area contributed by atoms with Gasteiger partial charge in [0, 0.05) is 6.20 Å². The number of carbonyl (C=O) groups is 3. The normalized spacial score (nSPS) is 15.1. The van der Waals surface area contributed by atoms with Crippen LogP contribution in [-0.4, -0.2) is 50.4 Å². The van der Waals surface area contributed by atoms with Crippen LogP contribution < -0.4 is 10.6 Å². The number of carbonyl (C=O) groups excluding carboxylic acids is 2. The second kappa shape index (κ2) is 12.2. The van der Waals surface area contributed by atoms with Crippen molar-refractivity contribution >= 4 is 23.7 Å². The number of hydrogen-bond donors (Lipinski definition) is 4. The number of pyridine rings is 1. The minimum Gasteiger partial charge on any atom is -0.463 e. The molecule has 0 fully saturated rings. The fourth-order valence-electron chi connectivity index (χ4n) is 3.56. The van der Waals surface area contributed by atoms with Gasteiger partial charge in [-0.15, -0.1) is 0 Å². The SMILES string of the molecule is CC[C@H](C)[C@H](NC(=O)[C@H](CC(C)C)[C@H](C(C)C)N(O)C(=O)O)C(=O)Nc1ccccn1. The Morgan fingerprint density at radius 3 is 2.19 bits per heavy atom. The number of hydroxylamine groups is 2. The van der Waals surface area contributed by atoms with Crippen molar-refractivity contribution in [3.8, 4) is 0 Å². The van der Waals surface area contributed by atoms with Gasteiger partial charge >= 0.3 is 6.09 Å². The van der Waals surface area contributed by atoms with Crippen LogP contribution in [0.25, 0.3) is 0 Å². The van der Waals surface area contributed by atoms with Gasteiger partial charge in [-0.2, -0.15) is 5.06 Å². The summed E-state index contributed by atoms with van der Waals surface area (Å²) in [6, 6.07) is 3.35. The van der Waals surface area contributed by atoms with Gasteiger partial charge in [-0.1, -0.05) is 54.0 Å². The van der Waals surface area contributed by atoms with Crippen molar-refractivity contribution in [1.29, 1.82) is 0 Å². The number of rotatable bonds is 11. The van der Waals surface area contributed by atoms with Gasteiger partial charge in [-0.05, 0) is 36.3 Å². The molecule has 9 nitrogen and oxygen atoms in total. The molecular weight excluding hydrogens is 400 g/mol. The quantitative estimate of drug-likeness (QED) is 0.309. The molecule has 1 aromatic rings. The van der Waals surface area contributed by atoms with Gasteiger partial charge in [0.25, 0.3) is 0 Å². The molecule has 0 saturated heterocycles. The summed E-state index contributed by atoms with van der Waals surface area (Å²) in [4.78, 5) is 41.7. The number of aromatic nitrogens is 1. The molecule has 0 spiro atoms. The zero-order valence-electron chi connectivity index (χ0n) is 19.2. The van der Waals surface area contributed by atoms with E-state index in [9.17, 15) is 24.7 Å². The minimum absolute atomic E-state index is 0.0728. The first-order valence-electron chi connectivity index (χ1n) is 10.7. The largest absolute Gasteiger partial charge is 0.463 e. The maximum absolute atomic E-state index is 13.3. The average Bonchev–Trinajstić information content (AvgIpc) is 2.70. The predicted molar refractivity (Wildman–Crippen MR) is 117 cm³/mol. The van der Waals surface area contributed by atoms with Gasteiger partial charge in [0.2, 0.25) is 11.8 Å². The first kappa shape index (κ1) is 26.4. The van der Waals surface area contributed by atoms with Crippen LogP contribution in [0.4, 0.5) is 10.6 Å². The minimum atomic E-state index is -1.52. The van der Waals surface area contributed by atoms with E-state index in [-0.39, 0.29) is 22.8 Å². The molecule has 31 heavy (non-hydrogen) atoms. The first-order valence-corrected chi connectivity index (χ1v) is 10.7. The Labute approximate surface area is 184 Å². The molecule has 0 unspecified atom stereocenters. The third-order valence-electron chi connectivity index (χ3n) is 5.35. The van der Waals surface area contributed by atoms with E-state index in [4.69, 9.17) is 0 Å². The lowest BCUT2D eigenvalue weighted by molar-refractivity contribution is -0.148. The summed E-state index contributed by atoms with van der Waals surface area (Å²) < 4.78 is 0. The summed E-state index contributed by atoms with van der Waals surface area (Å²) in [5.74, 6) is -1.73. The highest BCUT2D eigenvalue weighted by molar-refractivity contribution is 5.97. The summed E-state index contributed by atoms with van der Waals surface area (Å²) in [5.41, 5.74) is 0. The van der Waals surface area contributed by atoms with Gasteiger partial charge in [0.1, 0.15) is 11.9 Å². The summed E-state index contributed by atoms with van der Waals surface area (Å²) in [7, 11) is 0. The fraction of sp³-hybridized carbons (Fsp3) is 0.636. The standard InChI is InChI=1S/C22H36N4O5/c1-7-15(6)18(21(28)24-17-10-8-9-11-23-17)25-20(27)16(12-13(2)3)19(14(4)5)26(31)22(29)30/h8-11,13-16,18-19,31H,7,12H2,1-6H3,(H,25,27)(H,29,30)(H,23,24,28)/t15-,16+,18-,19-/m0/s1. The summed E-state index contributed by atoms with van der Waals surface area (Å²) in [6.45, 7) is 11.1. The van der Waals surface area contributed by atoms with Crippen molar-refractivity contribution in [1.82, 2.24) is 15.4 Å². The van der Waals surface area contributed by atoms with Gasteiger partial charge < -0.3 is 15.7 Å². The van der Waals surface area contributed by atoms with E-state index in [2.05, 4.69) is 15.6 Å². The zero-order chi connectivity index (χ0) is 23.7. The number of nitrogens with zero attached hydrogens (tertiary/aromatic N) is 2. The molecule has 0 aromatic carbocycles. The van der Waals surface area contributed by atoms with E-state index in [0.29, 0.717) is 18.7 Å². The Hall–Kier alpha value is -2.68. The van der Waals surface area contributed by atoms with Crippen LogP contribution in [0.2, 0.25) is 0 Å². The van der Waals surface area contributed by atoms with Crippen LogP contribution in [0.15, 0.2) is 24.4 Å². The highest BCUT2D eigenvalue weighted by Crippen LogP contribution is 2.26. The Morgan fingerprint density at radius 2 is 1.74 bits per heavy atom. The van der Waals surface area contributed by atoms with Crippen molar-refractivity contribution in [2.24, 2.45) is 23.7 Å². The molecular formula is C22H36N4O5. The molecule has 1 heterocycles. The monoisotopic (exact) mass is 436 g/mol. The van der Waals surface area contributed by atoms with Crippen LogP contribution in [0, 0.1) is 23.7 Å². The fourth-order valence-corrected chi connectivity index (χ4v) is 3.56. The Morgan fingerprint density at radius 1 is 1.10 bits per heavy atom. The van der Waals surface area contributed by atoms with Crippen molar-refractivity contribution < 1.29 is 24.7 Å². The molecule has 4 atom stereocenters. The van der Waals surface area contributed by atoms with Crippen molar-refractivity contribution in [2.75, 3.05) is 5.32 Å². The molecule has 1 rings (SSSR count). The summed E-state index contributed by atoms with van der Waals surface area (Å²) in [5, 5.41) is 25.2. The van der Waals surface area contributed by atoms with Gasteiger partial charge in [0.05, 0.1) is 12.0 Å². The number of amides is 3. The Balaban J connectivity index is 3.16. The van der Waals surface area contributed by atoms with Gasteiger partial charge in [-0.3, -0.25) is 14.8 Å². The van der Waals surface area contributed by atoms with Crippen LogP contribution in [0.5, 0.6) is 0 Å². The van der Waals surface area contributed by atoms with Gasteiger partial charge in [-0.25, -0.2) is 9.78 Å². The highest BCUT2D eigenvalue weighted by Gasteiger charge is 2.39. The molecule has 1 aromatic heterocycles. The molecule has 3 amide bonds. The first-order chi connectivity index (χ1) is 14.5. The van der Waals surface area contributed by atoms with Crippen LogP contribution >= 0.6 is 0 Å². The topological polar surface area (TPSA) is 132 Å². The molecule has 0 aliphatic heterocycles. The number of carboxylic acid groups (broad SMARTS) is 1. The van der Waals surface area contributed by atoms with E-state index in [1.54, 1.807) is 38.2 Å². The third kappa shape index (κ3) is 7.82. The van der Waals surface area contributed by atoms with E-state index in [1.807, 2.05) is 27.7 Å². The van der Waals surface area contributed by atoms with E-state index >= 15 is 0 Å². The summed E-state index contributed by atoms with van der Waals surface area (Å²) >= 11 is 0. The lowest BCUT2D eigenvalue weighted by Gasteiger charge is -2.35. The van der Waals surface area contributed by atoms with Crippen LogP contribution in [-0.2, 0) is 9.59 Å². The number of nitrogens with one attached hydrogen (secondary N) is 2. The second-order valence-electron chi connectivity index (χ2n) is 8.67. The highest BCUT2D eigenvalue weighted by atomic mass is 16.6. The molecule has 4 N–H and O–H groups in total. The van der Waals surface area contributed by atoms with Crippen molar-refractivity contribution in [2.45, 2.75) is 66.5 Å². The van der Waals surface area contributed by atoms with Gasteiger partial charge in [0.15, 0.2) is 0 Å². The molecule has 0 radical (unpaired) electrons. The molecule has 9 heteroatoms. The third-order valence-corrected chi connectivity index (χ3v) is 5.35. The predicted octanol–water partition coefficient (Wildman–Crippen LogP) is 3.61. The smallest absolute Gasteiger partial charge is 0.431 e. The summed E-state index contributed by atoms with van der Waals surface area (Å²) in [6.07, 6.45) is 1.03. The maximum atomic E-state index is 13.3. The molecule has 0 saturated carbocycles. The average molecular weight is 437 g/mol. The lowest BCUT2D eigenvalue weighted by atomic mass is 9.83. The number of hydrogen-bond acceptors (Lipinski definition) is 5. The van der Waals surface area contributed by atoms with Crippen LogP contribution in [0.3, 0.4) is 0 Å². The zero-order valence-corrected chi connectivity index (χ0v) is 19.2. The lowest BCUT2D eigenvalue weighted by Crippen LogP contribution is -2.55. The second-order valence-corrected chi connectivity index (χ2v) is 8.67. The molecule has 174 valence electrons. The van der Waals surface area contributed by atoms with E-state index in [1.165, 1.54) is 0 Å².